The zero-order valence-corrected chi connectivity index (χ0v) is 12.4. The molecule has 3 heteroatoms. The summed E-state index contributed by atoms with van der Waals surface area (Å²) in [6.45, 7) is 3.16. The standard InChI is InChI=1S/C16H24N2S/c17-13-16(18-9-4-11-19-12-10-18)8-3-6-14-5-1-2-7-15(14)16/h1-2,5,7H,3-4,6,8-13,17H2. The van der Waals surface area contributed by atoms with Crippen molar-refractivity contribution >= 4 is 11.8 Å². The van der Waals surface area contributed by atoms with E-state index in [-0.39, 0.29) is 5.54 Å². The van der Waals surface area contributed by atoms with E-state index in [1.807, 2.05) is 0 Å². The summed E-state index contributed by atoms with van der Waals surface area (Å²) in [6.07, 6.45) is 5.03. The van der Waals surface area contributed by atoms with Crippen LogP contribution < -0.4 is 5.73 Å². The molecular formula is C16H24N2S. The molecule has 1 heterocycles. The monoisotopic (exact) mass is 276 g/mol. The summed E-state index contributed by atoms with van der Waals surface area (Å²) in [5.41, 5.74) is 9.43. The van der Waals surface area contributed by atoms with E-state index in [4.69, 9.17) is 5.73 Å². The summed E-state index contributed by atoms with van der Waals surface area (Å²) in [6, 6.07) is 8.97. The fraction of sp³-hybridized carbons (Fsp3) is 0.625. The summed E-state index contributed by atoms with van der Waals surface area (Å²) in [5.74, 6) is 2.56. The number of hydrogen-bond donors (Lipinski definition) is 1. The topological polar surface area (TPSA) is 29.3 Å². The first-order valence-electron chi connectivity index (χ1n) is 7.48. The molecule has 1 unspecified atom stereocenters. The molecule has 1 aromatic carbocycles. The summed E-state index contributed by atoms with van der Waals surface area (Å²) in [5, 5.41) is 0. The van der Waals surface area contributed by atoms with Gasteiger partial charge in [0.05, 0.1) is 5.54 Å². The van der Waals surface area contributed by atoms with Gasteiger partial charge in [0, 0.05) is 18.8 Å². The molecule has 2 aliphatic rings. The van der Waals surface area contributed by atoms with E-state index in [0.29, 0.717) is 0 Å². The fourth-order valence-corrected chi connectivity index (χ4v) is 4.63. The molecule has 0 aromatic heterocycles. The maximum atomic E-state index is 6.29. The van der Waals surface area contributed by atoms with Gasteiger partial charge in [-0.25, -0.2) is 0 Å². The Balaban J connectivity index is 1.98. The van der Waals surface area contributed by atoms with Crippen molar-refractivity contribution in [2.24, 2.45) is 5.73 Å². The molecule has 2 N–H and O–H groups in total. The smallest absolute Gasteiger partial charge is 0.0586 e. The zero-order chi connectivity index (χ0) is 13.1. The number of fused-ring (bicyclic) bond motifs is 1. The van der Waals surface area contributed by atoms with Crippen LogP contribution in [0.15, 0.2) is 24.3 Å². The average molecular weight is 276 g/mol. The molecule has 1 aliphatic heterocycles. The molecule has 0 amide bonds. The van der Waals surface area contributed by atoms with Crippen molar-refractivity contribution in [3.05, 3.63) is 35.4 Å². The van der Waals surface area contributed by atoms with Crippen molar-refractivity contribution in [1.29, 1.82) is 0 Å². The van der Waals surface area contributed by atoms with Crippen LogP contribution in [-0.2, 0) is 12.0 Å². The largest absolute Gasteiger partial charge is 0.328 e. The molecular weight excluding hydrogens is 252 g/mol. The molecule has 0 radical (unpaired) electrons. The van der Waals surface area contributed by atoms with Crippen molar-refractivity contribution in [3.8, 4) is 0 Å². The maximum Gasteiger partial charge on any atom is 0.0586 e. The van der Waals surface area contributed by atoms with E-state index in [1.54, 1.807) is 0 Å². The first kappa shape index (κ1) is 13.5. The van der Waals surface area contributed by atoms with Crippen LogP contribution in [0.25, 0.3) is 0 Å². The number of rotatable bonds is 2. The van der Waals surface area contributed by atoms with Crippen molar-refractivity contribution in [3.63, 3.8) is 0 Å². The highest BCUT2D eigenvalue weighted by atomic mass is 32.2. The van der Waals surface area contributed by atoms with Gasteiger partial charge in [-0.1, -0.05) is 24.3 Å². The van der Waals surface area contributed by atoms with Gasteiger partial charge in [-0.2, -0.15) is 11.8 Å². The molecule has 1 atom stereocenters. The minimum Gasteiger partial charge on any atom is -0.328 e. The predicted molar refractivity (Wildman–Crippen MR) is 83.6 cm³/mol. The van der Waals surface area contributed by atoms with E-state index in [2.05, 4.69) is 40.9 Å². The highest BCUT2D eigenvalue weighted by Crippen LogP contribution is 2.40. The number of thioether (sulfide) groups is 1. The van der Waals surface area contributed by atoms with Crippen LogP contribution in [0.3, 0.4) is 0 Å². The molecule has 3 rings (SSSR count). The molecule has 1 aromatic rings. The molecule has 2 nitrogen and oxygen atoms in total. The Morgan fingerprint density at radius 1 is 1.16 bits per heavy atom. The second kappa shape index (κ2) is 5.86. The molecule has 1 fully saturated rings. The summed E-state index contributed by atoms with van der Waals surface area (Å²) >= 11 is 2.09. The third-order valence-electron chi connectivity index (χ3n) is 4.72. The summed E-state index contributed by atoms with van der Waals surface area (Å²) in [7, 11) is 0. The Bertz CT molecular complexity index is 427. The Labute approximate surface area is 120 Å². The second-order valence-electron chi connectivity index (χ2n) is 5.70. The molecule has 1 aliphatic carbocycles. The number of hydrogen-bond acceptors (Lipinski definition) is 3. The van der Waals surface area contributed by atoms with Crippen LogP contribution in [0.1, 0.15) is 30.4 Å². The lowest BCUT2D eigenvalue weighted by Gasteiger charge is -2.47. The van der Waals surface area contributed by atoms with E-state index in [1.165, 1.54) is 61.4 Å². The van der Waals surface area contributed by atoms with Gasteiger partial charge in [0.1, 0.15) is 0 Å². The van der Waals surface area contributed by atoms with Crippen LogP contribution in [0, 0.1) is 0 Å². The van der Waals surface area contributed by atoms with Gasteiger partial charge >= 0.3 is 0 Å². The van der Waals surface area contributed by atoms with E-state index in [9.17, 15) is 0 Å². The van der Waals surface area contributed by atoms with Crippen molar-refractivity contribution in [2.45, 2.75) is 31.2 Å². The second-order valence-corrected chi connectivity index (χ2v) is 6.92. The molecule has 19 heavy (non-hydrogen) atoms. The van der Waals surface area contributed by atoms with Crippen LogP contribution in [-0.4, -0.2) is 36.0 Å². The van der Waals surface area contributed by atoms with E-state index < -0.39 is 0 Å². The highest BCUT2D eigenvalue weighted by molar-refractivity contribution is 7.99. The van der Waals surface area contributed by atoms with Crippen LogP contribution >= 0.6 is 11.8 Å². The van der Waals surface area contributed by atoms with Gasteiger partial charge < -0.3 is 5.73 Å². The predicted octanol–water partition coefficient (Wildman–Crippen LogP) is 2.62. The first-order chi connectivity index (χ1) is 9.37. The van der Waals surface area contributed by atoms with Gasteiger partial charge in [-0.05, 0) is 49.1 Å². The number of benzene rings is 1. The third kappa shape index (κ3) is 2.44. The molecule has 104 valence electrons. The fourth-order valence-electron chi connectivity index (χ4n) is 3.74. The average Bonchev–Trinajstić information content (AvgIpc) is 2.76. The minimum absolute atomic E-state index is 0.111. The Morgan fingerprint density at radius 3 is 2.95 bits per heavy atom. The Morgan fingerprint density at radius 2 is 2.05 bits per heavy atom. The lowest BCUT2D eigenvalue weighted by atomic mass is 9.75. The normalized spacial score (nSPS) is 28.7. The Hall–Kier alpha value is -0.510. The van der Waals surface area contributed by atoms with Crippen molar-refractivity contribution < 1.29 is 0 Å². The van der Waals surface area contributed by atoms with Crippen LogP contribution in [0.5, 0.6) is 0 Å². The SMILES string of the molecule is NCC1(N2CCCSCC2)CCCc2ccccc21. The Kier molecular flexibility index (Phi) is 4.15. The number of nitrogens with zero attached hydrogens (tertiary/aromatic N) is 1. The van der Waals surface area contributed by atoms with Gasteiger partial charge in [0.25, 0.3) is 0 Å². The molecule has 0 saturated carbocycles. The minimum atomic E-state index is 0.111. The van der Waals surface area contributed by atoms with E-state index in [0.717, 1.165) is 6.54 Å². The summed E-state index contributed by atoms with van der Waals surface area (Å²) in [4.78, 5) is 2.69. The number of aryl methyl sites for hydroxylation is 1. The van der Waals surface area contributed by atoms with Gasteiger partial charge in [-0.3, -0.25) is 4.90 Å². The van der Waals surface area contributed by atoms with Gasteiger partial charge in [-0.15, -0.1) is 0 Å². The van der Waals surface area contributed by atoms with Crippen LogP contribution in [0.2, 0.25) is 0 Å². The zero-order valence-electron chi connectivity index (χ0n) is 11.6. The molecule has 0 bridgehead atoms. The van der Waals surface area contributed by atoms with Crippen molar-refractivity contribution in [2.75, 3.05) is 31.1 Å². The van der Waals surface area contributed by atoms with Crippen molar-refractivity contribution in [1.82, 2.24) is 4.90 Å². The van der Waals surface area contributed by atoms with Gasteiger partial charge in [0.15, 0.2) is 0 Å². The molecule has 1 saturated heterocycles. The van der Waals surface area contributed by atoms with Gasteiger partial charge in [0.2, 0.25) is 0 Å². The first-order valence-corrected chi connectivity index (χ1v) is 8.63. The third-order valence-corrected chi connectivity index (χ3v) is 5.77. The lowest BCUT2D eigenvalue weighted by Crippen LogP contribution is -2.53. The van der Waals surface area contributed by atoms with Crippen LogP contribution in [0.4, 0.5) is 0 Å². The summed E-state index contributed by atoms with van der Waals surface area (Å²) < 4.78 is 0. The van der Waals surface area contributed by atoms with E-state index >= 15 is 0 Å². The lowest BCUT2D eigenvalue weighted by molar-refractivity contribution is 0.0826. The maximum absolute atomic E-state index is 6.29. The highest BCUT2D eigenvalue weighted by Gasteiger charge is 2.40. The molecule has 0 spiro atoms. The number of nitrogens with two attached hydrogens (primary N) is 1. The quantitative estimate of drug-likeness (QED) is 0.900.